The van der Waals surface area contributed by atoms with Gasteiger partial charge >= 0.3 is 0 Å². The van der Waals surface area contributed by atoms with Crippen molar-refractivity contribution < 1.29 is 4.79 Å². The fraction of sp³-hybridized carbons (Fsp3) is 0.909. The van der Waals surface area contributed by atoms with E-state index < -0.39 is 0 Å². The first kappa shape index (κ1) is 9.76. The molecule has 1 aliphatic carbocycles. The van der Waals surface area contributed by atoms with Crippen molar-refractivity contribution in [2.45, 2.75) is 46.5 Å². The molecule has 0 aromatic carbocycles. The van der Waals surface area contributed by atoms with Gasteiger partial charge in [-0.25, -0.2) is 0 Å². The zero-order valence-electron chi connectivity index (χ0n) is 8.47. The van der Waals surface area contributed by atoms with E-state index in [9.17, 15) is 4.79 Å². The van der Waals surface area contributed by atoms with E-state index in [4.69, 9.17) is 0 Å². The maximum atomic E-state index is 11.5. The minimum atomic E-state index is 0.381. The summed E-state index contributed by atoms with van der Waals surface area (Å²) in [5, 5.41) is 0. The van der Waals surface area contributed by atoms with Crippen LogP contribution >= 0.6 is 0 Å². The smallest absolute Gasteiger partial charge is 0.135 e. The Morgan fingerprint density at radius 2 is 2.00 bits per heavy atom. The van der Waals surface area contributed by atoms with E-state index >= 15 is 0 Å². The molecule has 0 aromatic rings. The summed E-state index contributed by atoms with van der Waals surface area (Å²) >= 11 is 0. The highest BCUT2D eigenvalue weighted by Crippen LogP contribution is 2.34. The molecule has 12 heavy (non-hydrogen) atoms. The summed E-state index contributed by atoms with van der Waals surface area (Å²) in [7, 11) is 0. The molecule has 3 atom stereocenters. The number of carbonyl (C=O) groups is 1. The van der Waals surface area contributed by atoms with Gasteiger partial charge in [0.1, 0.15) is 5.78 Å². The molecule has 3 unspecified atom stereocenters. The maximum absolute atomic E-state index is 11.5. The van der Waals surface area contributed by atoms with Crippen LogP contribution in [0.1, 0.15) is 46.5 Å². The lowest BCUT2D eigenvalue weighted by molar-refractivity contribution is -0.125. The van der Waals surface area contributed by atoms with Crippen LogP contribution in [0, 0.1) is 17.8 Å². The summed E-state index contributed by atoms with van der Waals surface area (Å²) in [6.07, 6.45) is 4.36. The van der Waals surface area contributed by atoms with E-state index in [0.717, 1.165) is 18.8 Å². The predicted molar refractivity (Wildman–Crippen MR) is 51.0 cm³/mol. The SMILES string of the molecule is CCC(=O)C1CCC(C)CC1C. The number of ketones is 1. The lowest BCUT2D eigenvalue weighted by Crippen LogP contribution is -2.27. The molecule has 1 fully saturated rings. The van der Waals surface area contributed by atoms with Crippen LogP contribution in [0.5, 0.6) is 0 Å². The first-order chi connectivity index (χ1) is 5.65. The summed E-state index contributed by atoms with van der Waals surface area (Å²) in [6, 6.07) is 0. The van der Waals surface area contributed by atoms with Gasteiger partial charge < -0.3 is 0 Å². The van der Waals surface area contributed by atoms with Gasteiger partial charge in [-0.2, -0.15) is 0 Å². The first-order valence-corrected chi connectivity index (χ1v) is 5.17. The fourth-order valence-corrected chi connectivity index (χ4v) is 2.41. The van der Waals surface area contributed by atoms with Crippen LogP contribution in [0.4, 0.5) is 0 Å². The number of rotatable bonds is 2. The molecule has 0 amide bonds. The van der Waals surface area contributed by atoms with Gasteiger partial charge in [0, 0.05) is 12.3 Å². The Morgan fingerprint density at radius 1 is 1.33 bits per heavy atom. The maximum Gasteiger partial charge on any atom is 0.135 e. The van der Waals surface area contributed by atoms with Crippen molar-refractivity contribution in [3.63, 3.8) is 0 Å². The average Bonchev–Trinajstić information content (AvgIpc) is 2.03. The van der Waals surface area contributed by atoms with E-state index in [-0.39, 0.29) is 0 Å². The van der Waals surface area contributed by atoms with Crippen molar-refractivity contribution in [3.8, 4) is 0 Å². The monoisotopic (exact) mass is 168 g/mol. The number of hydrogen-bond donors (Lipinski definition) is 0. The Hall–Kier alpha value is -0.330. The lowest BCUT2D eigenvalue weighted by Gasteiger charge is -2.31. The molecule has 1 saturated carbocycles. The van der Waals surface area contributed by atoms with Gasteiger partial charge in [0.05, 0.1) is 0 Å². The predicted octanol–water partition coefficient (Wildman–Crippen LogP) is 3.04. The molecule has 0 radical (unpaired) electrons. The minimum absolute atomic E-state index is 0.381. The molecule has 0 N–H and O–H groups in total. The van der Waals surface area contributed by atoms with E-state index in [0.29, 0.717) is 17.6 Å². The summed E-state index contributed by atoms with van der Waals surface area (Å²) in [6.45, 7) is 6.50. The van der Waals surface area contributed by atoms with Crippen LogP contribution in [0.15, 0.2) is 0 Å². The molecule has 0 spiro atoms. The third-order valence-electron chi connectivity index (χ3n) is 3.19. The van der Waals surface area contributed by atoms with Crippen LogP contribution in [0.25, 0.3) is 0 Å². The molecule has 0 bridgehead atoms. The minimum Gasteiger partial charge on any atom is -0.299 e. The summed E-state index contributed by atoms with van der Waals surface area (Å²) in [5.41, 5.74) is 0. The molecule has 1 heteroatoms. The van der Waals surface area contributed by atoms with Crippen LogP contribution in [-0.2, 0) is 4.79 Å². The quantitative estimate of drug-likeness (QED) is 0.619. The van der Waals surface area contributed by atoms with E-state index in [2.05, 4.69) is 13.8 Å². The van der Waals surface area contributed by atoms with Crippen LogP contribution in [-0.4, -0.2) is 5.78 Å². The van der Waals surface area contributed by atoms with Gasteiger partial charge in [-0.3, -0.25) is 4.79 Å². The molecular formula is C11H20O. The topological polar surface area (TPSA) is 17.1 Å². The van der Waals surface area contributed by atoms with E-state index in [1.54, 1.807) is 0 Å². The highest BCUT2D eigenvalue weighted by Gasteiger charge is 2.29. The third kappa shape index (κ3) is 2.09. The Balaban J connectivity index is 2.50. The highest BCUT2D eigenvalue weighted by atomic mass is 16.1. The average molecular weight is 168 g/mol. The second-order valence-corrected chi connectivity index (χ2v) is 4.32. The van der Waals surface area contributed by atoms with Gasteiger partial charge in [-0.15, -0.1) is 0 Å². The lowest BCUT2D eigenvalue weighted by atomic mass is 9.73. The number of carbonyl (C=O) groups excluding carboxylic acids is 1. The number of Topliss-reactive ketones (excluding diaryl/α,β-unsaturated/α-hetero) is 1. The first-order valence-electron chi connectivity index (χ1n) is 5.17. The van der Waals surface area contributed by atoms with Crippen molar-refractivity contribution in [2.24, 2.45) is 17.8 Å². The Morgan fingerprint density at radius 3 is 2.50 bits per heavy atom. The molecule has 1 aliphatic rings. The Kier molecular flexibility index (Phi) is 3.30. The molecule has 1 rings (SSSR count). The van der Waals surface area contributed by atoms with Gasteiger partial charge in [-0.1, -0.05) is 27.2 Å². The second-order valence-electron chi connectivity index (χ2n) is 4.32. The molecule has 70 valence electrons. The molecule has 0 aromatic heterocycles. The van der Waals surface area contributed by atoms with E-state index in [1.807, 2.05) is 6.92 Å². The Labute approximate surface area is 75.5 Å². The van der Waals surface area contributed by atoms with Crippen molar-refractivity contribution in [2.75, 3.05) is 0 Å². The highest BCUT2D eigenvalue weighted by molar-refractivity contribution is 5.81. The third-order valence-corrected chi connectivity index (χ3v) is 3.19. The fourth-order valence-electron chi connectivity index (χ4n) is 2.41. The van der Waals surface area contributed by atoms with Gasteiger partial charge in [0.15, 0.2) is 0 Å². The van der Waals surface area contributed by atoms with Crippen LogP contribution in [0.3, 0.4) is 0 Å². The largest absolute Gasteiger partial charge is 0.299 e. The van der Waals surface area contributed by atoms with Crippen molar-refractivity contribution in [1.82, 2.24) is 0 Å². The molecular weight excluding hydrogens is 148 g/mol. The molecule has 0 saturated heterocycles. The van der Waals surface area contributed by atoms with Crippen LogP contribution < -0.4 is 0 Å². The molecule has 0 aliphatic heterocycles. The van der Waals surface area contributed by atoms with Gasteiger partial charge in [0.25, 0.3) is 0 Å². The second kappa shape index (κ2) is 4.06. The van der Waals surface area contributed by atoms with Crippen molar-refractivity contribution in [3.05, 3.63) is 0 Å². The van der Waals surface area contributed by atoms with E-state index in [1.165, 1.54) is 12.8 Å². The Bertz CT molecular complexity index is 162. The molecule has 0 heterocycles. The summed E-state index contributed by atoms with van der Waals surface area (Å²) in [4.78, 5) is 11.5. The van der Waals surface area contributed by atoms with Crippen molar-refractivity contribution >= 4 is 5.78 Å². The zero-order chi connectivity index (χ0) is 9.14. The normalized spacial score (nSPS) is 36.4. The van der Waals surface area contributed by atoms with Crippen LogP contribution in [0.2, 0.25) is 0 Å². The standard InChI is InChI=1S/C11H20O/c1-4-11(12)10-6-5-8(2)7-9(10)3/h8-10H,4-7H2,1-3H3. The summed E-state index contributed by atoms with van der Waals surface area (Å²) in [5.74, 6) is 2.32. The van der Waals surface area contributed by atoms with Gasteiger partial charge in [-0.05, 0) is 24.7 Å². The zero-order valence-corrected chi connectivity index (χ0v) is 8.47. The molecule has 1 nitrogen and oxygen atoms in total. The summed E-state index contributed by atoms with van der Waals surface area (Å²) < 4.78 is 0. The van der Waals surface area contributed by atoms with Crippen molar-refractivity contribution in [1.29, 1.82) is 0 Å². The number of hydrogen-bond acceptors (Lipinski definition) is 1. The van der Waals surface area contributed by atoms with Gasteiger partial charge in [0.2, 0.25) is 0 Å².